The van der Waals surface area contributed by atoms with Crippen molar-refractivity contribution in [2.45, 2.75) is 77.3 Å². The third kappa shape index (κ3) is 5.62. The molecule has 1 heterocycles. The summed E-state index contributed by atoms with van der Waals surface area (Å²) >= 11 is 0. The number of aryl methyl sites for hydroxylation is 1. The molecule has 5 rings (SSSR count). The highest BCUT2D eigenvalue weighted by Crippen LogP contribution is 2.46. The topological polar surface area (TPSA) is 85.2 Å². The quantitative estimate of drug-likeness (QED) is 0.319. The van der Waals surface area contributed by atoms with Crippen LogP contribution >= 0.6 is 0 Å². The van der Waals surface area contributed by atoms with Crippen molar-refractivity contribution >= 4 is 11.7 Å². The summed E-state index contributed by atoms with van der Waals surface area (Å²) in [6, 6.07) is 13.9. The Labute approximate surface area is 224 Å². The number of anilines is 1. The van der Waals surface area contributed by atoms with Crippen molar-refractivity contribution in [2.24, 2.45) is 5.92 Å². The number of rotatable bonds is 11. The third-order valence-electron chi connectivity index (χ3n) is 7.63. The Morgan fingerprint density at radius 3 is 2.68 bits per heavy atom. The van der Waals surface area contributed by atoms with E-state index in [0.29, 0.717) is 29.6 Å². The smallest absolute Gasteiger partial charge is 0.297 e. The van der Waals surface area contributed by atoms with Crippen LogP contribution in [0.2, 0.25) is 0 Å². The second-order valence-corrected chi connectivity index (χ2v) is 11.1. The summed E-state index contributed by atoms with van der Waals surface area (Å²) in [5.74, 6) is 1.71. The lowest BCUT2D eigenvalue weighted by Crippen LogP contribution is -2.44. The van der Waals surface area contributed by atoms with Gasteiger partial charge in [-0.05, 0) is 81.5 Å². The van der Waals surface area contributed by atoms with Gasteiger partial charge < -0.3 is 15.4 Å². The fourth-order valence-corrected chi connectivity index (χ4v) is 5.07. The van der Waals surface area contributed by atoms with Crippen molar-refractivity contribution in [3.8, 4) is 11.4 Å². The molecular formula is C31H38N4O3. The van der Waals surface area contributed by atoms with Crippen LogP contribution in [0.3, 0.4) is 0 Å². The summed E-state index contributed by atoms with van der Waals surface area (Å²) in [6.07, 6.45) is 10.3. The maximum atomic E-state index is 13.7. The average Bonchev–Trinajstić information content (AvgIpc) is 3.70. The Hall–Kier alpha value is -3.61. The SMILES string of the molecule is Cc1ccc(C(=O)NC2CC2)cc1-n1ccnc(NC2(c3ccccc3OCCCC(C)C)CCC2)c1=O. The minimum absolute atomic E-state index is 0.104. The van der Waals surface area contributed by atoms with E-state index in [2.05, 4.69) is 35.5 Å². The van der Waals surface area contributed by atoms with E-state index in [0.717, 1.165) is 61.8 Å². The molecule has 0 bridgehead atoms. The highest BCUT2D eigenvalue weighted by atomic mass is 16.5. The molecule has 0 aliphatic heterocycles. The zero-order valence-electron chi connectivity index (χ0n) is 22.6. The molecule has 2 saturated carbocycles. The molecule has 0 spiro atoms. The van der Waals surface area contributed by atoms with Gasteiger partial charge in [-0.2, -0.15) is 0 Å². The van der Waals surface area contributed by atoms with E-state index in [1.54, 1.807) is 23.0 Å². The molecule has 0 radical (unpaired) electrons. The van der Waals surface area contributed by atoms with Crippen LogP contribution in [0.25, 0.3) is 5.69 Å². The molecule has 0 saturated heterocycles. The largest absolute Gasteiger partial charge is 0.493 e. The molecule has 7 nitrogen and oxygen atoms in total. The van der Waals surface area contributed by atoms with Crippen LogP contribution in [-0.4, -0.2) is 28.1 Å². The van der Waals surface area contributed by atoms with E-state index in [-0.39, 0.29) is 17.5 Å². The van der Waals surface area contributed by atoms with Crippen LogP contribution in [0, 0.1) is 12.8 Å². The first-order valence-corrected chi connectivity index (χ1v) is 13.9. The summed E-state index contributed by atoms with van der Waals surface area (Å²) in [5, 5.41) is 6.55. The molecular weight excluding hydrogens is 476 g/mol. The van der Waals surface area contributed by atoms with Crippen LogP contribution in [0.5, 0.6) is 5.75 Å². The normalized spacial score (nSPS) is 16.1. The lowest BCUT2D eigenvalue weighted by atomic mass is 9.71. The first kappa shape index (κ1) is 26.0. The minimum atomic E-state index is -0.402. The van der Waals surface area contributed by atoms with Crippen molar-refractivity contribution in [2.75, 3.05) is 11.9 Å². The van der Waals surface area contributed by atoms with Gasteiger partial charge in [-0.15, -0.1) is 0 Å². The van der Waals surface area contributed by atoms with Crippen LogP contribution in [0.1, 0.15) is 80.3 Å². The number of hydrogen-bond donors (Lipinski definition) is 2. The molecule has 200 valence electrons. The highest BCUT2D eigenvalue weighted by Gasteiger charge is 2.41. The predicted molar refractivity (Wildman–Crippen MR) is 150 cm³/mol. The second-order valence-electron chi connectivity index (χ2n) is 11.1. The fourth-order valence-electron chi connectivity index (χ4n) is 5.07. The first-order chi connectivity index (χ1) is 18.4. The maximum Gasteiger partial charge on any atom is 0.297 e. The molecule has 2 aliphatic rings. The number of aromatic nitrogens is 2. The van der Waals surface area contributed by atoms with Crippen LogP contribution in [-0.2, 0) is 5.54 Å². The fraction of sp³-hybridized carbons (Fsp3) is 0.452. The molecule has 2 aliphatic carbocycles. The summed E-state index contributed by atoms with van der Waals surface area (Å²) in [6.45, 7) is 7.06. The predicted octanol–water partition coefficient (Wildman–Crippen LogP) is 5.74. The minimum Gasteiger partial charge on any atom is -0.493 e. The summed E-state index contributed by atoms with van der Waals surface area (Å²) < 4.78 is 7.81. The average molecular weight is 515 g/mol. The van der Waals surface area contributed by atoms with E-state index in [4.69, 9.17) is 4.74 Å². The summed E-state index contributed by atoms with van der Waals surface area (Å²) in [5.41, 5.74) is 2.57. The number of amides is 1. The van der Waals surface area contributed by atoms with Gasteiger partial charge in [0.15, 0.2) is 5.82 Å². The molecule has 38 heavy (non-hydrogen) atoms. The zero-order chi connectivity index (χ0) is 26.7. The first-order valence-electron chi connectivity index (χ1n) is 13.9. The van der Waals surface area contributed by atoms with E-state index in [9.17, 15) is 9.59 Å². The van der Waals surface area contributed by atoms with E-state index < -0.39 is 5.54 Å². The van der Waals surface area contributed by atoms with Crippen molar-refractivity contribution in [1.82, 2.24) is 14.9 Å². The zero-order valence-corrected chi connectivity index (χ0v) is 22.6. The highest BCUT2D eigenvalue weighted by molar-refractivity contribution is 5.95. The Kier molecular flexibility index (Phi) is 7.54. The van der Waals surface area contributed by atoms with Gasteiger partial charge in [-0.25, -0.2) is 4.98 Å². The number of benzene rings is 2. The molecule has 3 aromatic rings. The number of hydrogen-bond acceptors (Lipinski definition) is 5. The van der Waals surface area contributed by atoms with Gasteiger partial charge in [0.25, 0.3) is 11.5 Å². The van der Waals surface area contributed by atoms with Gasteiger partial charge in [0, 0.05) is 29.6 Å². The van der Waals surface area contributed by atoms with Crippen molar-refractivity contribution in [1.29, 1.82) is 0 Å². The molecule has 0 atom stereocenters. The maximum absolute atomic E-state index is 13.7. The van der Waals surface area contributed by atoms with E-state index in [1.807, 2.05) is 37.3 Å². The Morgan fingerprint density at radius 1 is 1.18 bits per heavy atom. The van der Waals surface area contributed by atoms with E-state index >= 15 is 0 Å². The summed E-state index contributed by atoms with van der Waals surface area (Å²) in [4.78, 5) is 30.8. The van der Waals surface area contributed by atoms with Gasteiger partial charge >= 0.3 is 0 Å². The lowest BCUT2D eigenvalue weighted by Gasteiger charge is -2.44. The Bertz CT molecular complexity index is 1360. The molecule has 2 N–H and O–H groups in total. The van der Waals surface area contributed by atoms with Gasteiger partial charge in [0.05, 0.1) is 17.8 Å². The van der Waals surface area contributed by atoms with Gasteiger partial charge in [0.2, 0.25) is 0 Å². The van der Waals surface area contributed by atoms with Gasteiger partial charge in [-0.1, -0.05) is 38.1 Å². The van der Waals surface area contributed by atoms with Crippen molar-refractivity contribution in [3.63, 3.8) is 0 Å². The molecule has 2 aromatic carbocycles. The number of para-hydroxylation sites is 1. The van der Waals surface area contributed by atoms with Crippen LogP contribution < -0.4 is 20.9 Å². The van der Waals surface area contributed by atoms with Crippen LogP contribution in [0.4, 0.5) is 5.82 Å². The third-order valence-corrected chi connectivity index (χ3v) is 7.63. The molecule has 1 amide bonds. The molecule has 0 unspecified atom stereocenters. The monoisotopic (exact) mass is 514 g/mol. The molecule has 2 fully saturated rings. The Balaban J connectivity index is 1.41. The molecule has 1 aromatic heterocycles. The Morgan fingerprint density at radius 2 is 1.97 bits per heavy atom. The number of ether oxygens (including phenoxy) is 1. The number of carbonyl (C=O) groups is 1. The number of nitrogens with one attached hydrogen (secondary N) is 2. The van der Waals surface area contributed by atoms with Crippen LogP contribution in [0.15, 0.2) is 59.7 Å². The molecule has 7 heteroatoms. The van der Waals surface area contributed by atoms with Gasteiger partial charge in [0.1, 0.15) is 5.75 Å². The lowest BCUT2D eigenvalue weighted by molar-refractivity contribution is 0.0951. The standard InChI is InChI=1S/C31H38N4O3/c1-21(2)8-6-19-38-27-10-5-4-9-25(27)31(15-7-16-31)34-28-30(37)35(18-17-32-28)26-20-23(12-11-22(26)3)29(36)33-24-13-14-24/h4-5,9-12,17-18,20-21,24H,6-8,13-16,19H2,1-3H3,(H,32,34)(H,33,36). The van der Waals surface area contributed by atoms with E-state index in [1.165, 1.54) is 0 Å². The number of nitrogens with zero attached hydrogens (tertiary/aromatic N) is 2. The van der Waals surface area contributed by atoms with Gasteiger partial charge in [-0.3, -0.25) is 14.2 Å². The number of carbonyl (C=O) groups excluding carboxylic acids is 1. The second kappa shape index (κ2) is 11.0. The van der Waals surface area contributed by atoms with Crippen molar-refractivity contribution < 1.29 is 9.53 Å². The van der Waals surface area contributed by atoms with Crippen molar-refractivity contribution in [3.05, 3.63) is 81.9 Å². The summed E-state index contributed by atoms with van der Waals surface area (Å²) in [7, 11) is 0.